The molecular formula is C8H9FO2S. The monoisotopic (exact) mass is 188 g/mol. The van der Waals surface area contributed by atoms with Crippen molar-refractivity contribution in [2.75, 3.05) is 14.2 Å². The van der Waals surface area contributed by atoms with Gasteiger partial charge in [-0.15, -0.1) is 12.6 Å². The zero-order valence-corrected chi connectivity index (χ0v) is 7.69. The van der Waals surface area contributed by atoms with E-state index in [9.17, 15) is 4.39 Å². The summed E-state index contributed by atoms with van der Waals surface area (Å²) >= 11 is 4.05. The van der Waals surface area contributed by atoms with E-state index >= 15 is 0 Å². The molecule has 0 bridgehead atoms. The van der Waals surface area contributed by atoms with Crippen LogP contribution in [0.1, 0.15) is 0 Å². The van der Waals surface area contributed by atoms with E-state index in [-0.39, 0.29) is 5.75 Å². The van der Waals surface area contributed by atoms with Crippen molar-refractivity contribution in [2.24, 2.45) is 0 Å². The van der Waals surface area contributed by atoms with Gasteiger partial charge in [-0.25, -0.2) is 4.39 Å². The van der Waals surface area contributed by atoms with E-state index in [0.717, 1.165) is 0 Å². The number of rotatable bonds is 2. The third kappa shape index (κ3) is 1.48. The molecule has 12 heavy (non-hydrogen) atoms. The van der Waals surface area contributed by atoms with Gasteiger partial charge in [0, 0.05) is 0 Å². The van der Waals surface area contributed by atoms with E-state index in [2.05, 4.69) is 12.6 Å². The Morgan fingerprint density at radius 1 is 1.25 bits per heavy atom. The summed E-state index contributed by atoms with van der Waals surface area (Å²) in [6.45, 7) is 0. The summed E-state index contributed by atoms with van der Waals surface area (Å²) in [6.07, 6.45) is 0. The normalized spacial score (nSPS) is 9.67. The zero-order chi connectivity index (χ0) is 9.14. The zero-order valence-electron chi connectivity index (χ0n) is 6.80. The minimum Gasteiger partial charge on any atom is -0.495 e. The van der Waals surface area contributed by atoms with E-state index in [4.69, 9.17) is 9.47 Å². The van der Waals surface area contributed by atoms with Crippen LogP contribution in [0.2, 0.25) is 0 Å². The molecule has 0 heterocycles. The lowest BCUT2D eigenvalue weighted by Crippen LogP contribution is -1.92. The average molecular weight is 188 g/mol. The van der Waals surface area contributed by atoms with Crippen LogP contribution in [0.3, 0.4) is 0 Å². The summed E-state index contributed by atoms with van der Waals surface area (Å²) in [5.74, 6) is 0.164. The van der Waals surface area contributed by atoms with Crippen molar-refractivity contribution in [3.63, 3.8) is 0 Å². The Hall–Kier alpha value is -0.900. The molecule has 1 aromatic rings. The number of hydrogen-bond acceptors (Lipinski definition) is 3. The first kappa shape index (κ1) is 9.19. The lowest BCUT2D eigenvalue weighted by molar-refractivity contribution is 0.357. The number of halogens is 1. The Kier molecular flexibility index (Phi) is 2.81. The van der Waals surface area contributed by atoms with Gasteiger partial charge in [0.05, 0.1) is 19.1 Å². The Bertz CT molecular complexity index is 289. The molecule has 0 aliphatic heterocycles. The highest BCUT2D eigenvalue weighted by Crippen LogP contribution is 2.33. The molecule has 0 aliphatic carbocycles. The lowest BCUT2D eigenvalue weighted by Gasteiger charge is -2.08. The minimum absolute atomic E-state index is 0.109. The first-order valence-corrected chi connectivity index (χ1v) is 3.75. The average Bonchev–Trinajstić information content (AvgIpc) is 2.06. The second-order valence-electron chi connectivity index (χ2n) is 2.13. The van der Waals surface area contributed by atoms with Crippen LogP contribution in [0.4, 0.5) is 4.39 Å². The van der Waals surface area contributed by atoms with Crippen molar-refractivity contribution < 1.29 is 13.9 Å². The Balaban J connectivity index is 3.24. The predicted octanol–water partition coefficient (Wildman–Crippen LogP) is 2.13. The van der Waals surface area contributed by atoms with E-state index in [1.807, 2.05) is 0 Å². The van der Waals surface area contributed by atoms with Gasteiger partial charge in [0.1, 0.15) is 5.75 Å². The SMILES string of the molecule is COc1ccc(F)c(OC)c1S. The molecule has 0 amide bonds. The summed E-state index contributed by atoms with van der Waals surface area (Å²) in [4.78, 5) is 0.375. The first-order chi connectivity index (χ1) is 5.70. The van der Waals surface area contributed by atoms with Gasteiger partial charge >= 0.3 is 0 Å². The summed E-state index contributed by atoms with van der Waals surface area (Å²) in [7, 11) is 2.88. The van der Waals surface area contributed by atoms with Gasteiger partial charge in [0.25, 0.3) is 0 Å². The van der Waals surface area contributed by atoms with Gasteiger partial charge in [0.15, 0.2) is 11.6 Å². The second-order valence-corrected chi connectivity index (χ2v) is 2.58. The lowest BCUT2D eigenvalue weighted by atomic mass is 10.3. The van der Waals surface area contributed by atoms with Gasteiger partial charge in [0.2, 0.25) is 0 Å². The van der Waals surface area contributed by atoms with Crippen molar-refractivity contribution in [1.29, 1.82) is 0 Å². The van der Waals surface area contributed by atoms with Crippen LogP contribution in [0.15, 0.2) is 17.0 Å². The highest BCUT2D eigenvalue weighted by molar-refractivity contribution is 7.80. The fourth-order valence-electron chi connectivity index (χ4n) is 0.887. The molecule has 0 saturated heterocycles. The number of ether oxygens (including phenoxy) is 2. The quantitative estimate of drug-likeness (QED) is 0.717. The number of methoxy groups -OCH3 is 2. The Morgan fingerprint density at radius 3 is 2.42 bits per heavy atom. The molecule has 0 aromatic heterocycles. The van der Waals surface area contributed by atoms with Crippen LogP contribution >= 0.6 is 12.6 Å². The molecule has 1 rings (SSSR count). The maximum atomic E-state index is 12.9. The fraction of sp³-hybridized carbons (Fsp3) is 0.250. The Labute approximate surface area is 75.7 Å². The van der Waals surface area contributed by atoms with Crippen LogP contribution in [0, 0.1) is 5.82 Å². The standard InChI is InChI=1S/C8H9FO2S/c1-10-6-4-3-5(9)7(11-2)8(6)12/h3-4,12H,1-2H3. The first-order valence-electron chi connectivity index (χ1n) is 3.30. The molecule has 0 saturated carbocycles. The fourth-order valence-corrected chi connectivity index (χ4v) is 1.25. The number of benzene rings is 1. The number of thiol groups is 1. The molecule has 0 N–H and O–H groups in total. The maximum absolute atomic E-state index is 12.9. The van der Waals surface area contributed by atoms with Crippen LogP contribution in [-0.2, 0) is 0 Å². The summed E-state index contributed by atoms with van der Waals surface area (Å²) < 4.78 is 22.6. The van der Waals surface area contributed by atoms with Crippen molar-refractivity contribution >= 4 is 12.6 Å². The second kappa shape index (κ2) is 3.67. The summed E-state index contributed by atoms with van der Waals surface area (Å²) in [6, 6.07) is 2.78. The van der Waals surface area contributed by atoms with Crippen LogP contribution in [-0.4, -0.2) is 14.2 Å². The van der Waals surface area contributed by atoms with Crippen molar-refractivity contribution in [3.8, 4) is 11.5 Å². The highest BCUT2D eigenvalue weighted by atomic mass is 32.1. The third-order valence-corrected chi connectivity index (χ3v) is 1.89. The largest absolute Gasteiger partial charge is 0.495 e. The van der Waals surface area contributed by atoms with Crippen LogP contribution < -0.4 is 9.47 Å². The van der Waals surface area contributed by atoms with E-state index in [1.165, 1.54) is 26.4 Å². The van der Waals surface area contributed by atoms with Gasteiger partial charge in [-0.1, -0.05) is 0 Å². The van der Waals surface area contributed by atoms with E-state index in [0.29, 0.717) is 10.6 Å². The molecule has 0 fully saturated rings. The van der Waals surface area contributed by atoms with Crippen molar-refractivity contribution in [3.05, 3.63) is 17.9 Å². The summed E-state index contributed by atoms with van der Waals surface area (Å²) in [5, 5.41) is 0. The predicted molar refractivity (Wildman–Crippen MR) is 46.8 cm³/mol. The molecule has 0 radical (unpaired) electrons. The van der Waals surface area contributed by atoms with E-state index in [1.54, 1.807) is 0 Å². The molecular weight excluding hydrogens is 179 g/mol. The van der Waals surface area contributed by atoms with Crippen molar-refractivity contribution in [1.82, 2.24) is 0 Å². The van der Waals surface area contributed by atoms with Gasteiger partial charge in [-0.3, -0.25) is 0 Å². The molecule has 1 aromatic carbocycles. The topological polar surface area (TPSA) is 18.5 Å². The van der Waals surface area contributed by atoms with Crippen molar-refractivity contribution in [2.45, 2.75) is 4.90 Å². The Morgan fingerprint density at radius 2 is 1.92 bits per heavy atom. The van der Waals surface area contributed by atoms with Crippen LogP contribution in [0.25, 0.3) is 0 Å². The molecule has 0 atom stereocenters. The van der Waals surface area contributed by atoms with Crippen LogP contribution in [0.5, 0.6) is 11.5 Å². The smallest absolute Gasteiger partial charge is 0.171 e. The number of hydrogen-bond donors (Lipinski definition) is 1. The van der Waals surface area contributed by atoms with Gasteiger partial charge < -0.3 is 9.47 Å². The maximum Gasteiger partial charge on any atom is 0.171 e. The molecule has 0 aliphatic rings. The minimum atomic E-state index is -0.441. The molecule has 0 unspecified atom stereocenters. The molecule has 4 heteroatoms. The highest BCUT2D eigenvalue weighted by Gasteiger charge is 2.10. The third-order valence-electron chi connectivity index (χ3n) is 1.47. The molecule has 66 valence electrons. The summed E-state index contributed by atoms with van der Waals surface area (Å²) in [5.41, 5.74) is 0. The molecule has 2 nitrogen and oxygen atoms in total. The van der Waals surface area contributed by atoms with E-state index < -0.39 is 5.82 Å². The van der Waals surface area contributed by atoms with Gasteiger partial charge in [-0.2, -0.15) is 0 Å². The molecule has 0 spiro atoms. The van der Waals surface area contributed by atoms with Gasteiger partial charge in [-0.05, 0) is 12.1 Å².